The van der Waals surface area contributed by atoms with Gasteiger partial charge in [-0.25, -0.2) is 0 Å². The molecule has 0 aliphatic rings. The molecule has 0 aromatic heterocycles. The first-order valence-electron chi connectivity index (χ1n) is 2.61. The normalized spacial score (nSPS) is 10.3. The van der Waals surface area contributed by atoms with E-state index in [1.807, 2.05) is 0 Å². The standard InChI is InChI=1S/C5H11.BrH.Sn/c1-4-5(2)3;;/h5H,1,4H2,2-3H3;1H;/q;;+1/p-1. The topological polar surface area (TPSA) is 0 Å². The van der Waals surface area contributed by atoms with Crippen LogP contribution in [0.1, 0.15) is 20.3 Å². The average Bonchev–Trinajstić information content (AvgIpc) is 1.61. The van der Waals surface area contributed by atoms with Crippen molar-refractivity contribution in [2.75, 3.05) is 0 Å². The maximum atomic E-state index is 3.55. The molecule has 7 heavy (non-hydrogen) atoms. The number of hydrogen-bond acceptors (Lipinski definition) is 0. The molecule has 0 spiro atoms. The van der Waals surface area contributed by atoms with Crippen LogP contribution in [0.4, 0.5) is 0 Å². The minimum absolute atomic E-state index is 0.0345. The molecular formula is C5H11BrSn. The zero-order valence-electron chi connectivity index (χ0n) is 4.87. The second-order valence-electron chi connectivity index (χ2n) is 2.07. The van der Waals surface area contributed by atoms with Crippen molar-refractivity contribution < 1.29 is 0 Å². The first kappa shape index (κ1) is 8.28. The second-order valence-corrected chi connectivity index (χ2v) is 8.02. The summed E-state index contributed by atoms with van der Waals surface area (Å²) in [6, 6.07) is 0. The van der Waals surface area contributed by atoms with Crippen LogP contribution in [0.2, 0.25) is 4.44 Å². The van der Waals surface area contributed by atoms with Crippen molar-refractivity contribution in [3.05, 3.63) is 0 Å². The summed E-state index contributed by atoms with van der Waals surface area (Å²) < 4.78 is 1.49. The monoisotopic (exact) mass is 270 g/mol. The summed E-state index contributed by atoms with van der Waals surface area (Å²) in [5.41, 5.74) is 0. The Morgan fingerprint density at radius 3 is 2.29 bits per heavy atom. The summed E-state index contributed by atoms with van der Waals surface area (Å²) in [7, 11) is 0. The molecule has 2 heteroatoms. The molecule has 0 unspecified atom stereocenters. The van der Waals surface area contributed by atoms with E-state index in [2.05, 4.69) is 26.6 Å². The second kappa shape index (κ2) is 5.42. The van der Waals surface area contributed by atoms with Crippen molar-refractivity contribution in [2.45, 2.75) is 24.7 Å². The van der Waals surface area contributed by atoms with E-state index >= 15 is 0 Å². The van der Waals surface area contributed by atoms with Crippen LogP contribution in [0.15, 0.2) is 0 Å². The molecule has 0 rings (SSSR count). The fraction of sp³-hybridized carbons (Fsp3) is 1.00. The zero-order valence-corrected chi connectivity index (χ0v) is 9.31. The van der Waals surface area contributed by atoms with Crippen molar-refractivity contribution >= 4 is 31.6 Å². The number of rotatable bonds is 3. The molecule has 0 aromatic carbocycles. The van der Waals surface area contributed by atoms with Crippen molar-refractivity contribution in [1.82, 2.24) is 0 Å². The first-order valence-corrected chi connectivity index (χ1v) is 11.0. The Hall–Kier alpha value is 1.28. The molecule has 0 heterocycles. The predicted octanol–water partition coefficient (Wildman–Crippen LogP) is 2.46. The van der Waals surface area contributed by atoms with Gasteiger partial charge in [0, 0.05) is 0 Å². The van der Waals surface area contributed by atoms with Crippen LogP contribution in [0.25, 0.3) is 0 Å². The van der Waals surface area contributed by atoms with E-state index in [4.69, 9.17) is 0 Å². The summed E-state index contributed by atoms with van der Waals surface area (Å²) in [6.07, 6.45) is 1.43. The summed E-state index contributed by atoms with van der Waals surface area (Å²) in [5.74, 6) is 0.915. The molecule has 0 fully saturated rings. The zero-order chi connectivity index (χ0) is 5.70. The fourth-order valence-electron chi connectivity index (χ4n) is 0.343. The van der Waals surface area contributed by atoms with E-state index in [-0.39, 0.29) is 18.9 Å². The van der Waals surface area contributed by atoms with E-state index in [0.717, 1.165) is 5.92 Å². The third-order valence-corrected chi connectivity index (χ3v) is 4.84. The SMILES string of the molecule is CC(C)C[CH2][Sn][Br]. The Labute approximate surface area is 62.0 Å². The van der Waals surface area contributed by atoms with Crippen LogP contribution in [0.3, 0.4) is 0 Å². The van der Waals surface area contributed by atoms with Gasteiger partial charge in [0.25, 0.3) is 0 Å². The van der Waals surface area contributed by atoms with E-state index in [0.29, 0.717) is 0 Å². The van der Waals surface area contributed by atoms with Gasteiger partial charge in [0.2, 0.25) is 0 Å². The summed E-state index contributed by atoms with van der Waals surface area (Å²) >= 11 is 3.51. The van der Waals surface area contributed by atoms with Gasteiger partial charge >= 0.3 is 62.2 Å². The quantitative estimate of drug-likeness (QED) is 0.691. The van der Waals surface area contributed by atoms with Crippen LogP contribution in [0, 0.1) is 5.92 Å². The Kier molecular flexibility index (Phi) is 6.41. The first-order chi connectivity index (χ1) is 3.27. The van der Waals surface area contributed by atoms with Gasteiger partial charge in [0.15, 0.2) is 0 Å². The molecule has 0 nitrogen and oxygen atoms in total. The van der Waals surface area contributed by atoms with Crippen molar-refractivity contribution in [3.63, 3.8) is 0 Å². The summed E-state index contributed by atoms with van der Waals surface area (Å²) in [4.78, 5) is 0. The number of hydrogen-bond donors (Lipinski definition) is 0. The summed E-state index contributed by atoms with van der Waals surface area (Å²) in [6.45, 7) is 4.56. The molecule has 0 amide bonds. The van der Waals surface area contributed by atoms with Crippen LogP contribution < -0.4 is 0 Å². The average molecular weight is 270 g/mol. The molecule has 0 atom stereocenters. The third-order valence-electron chi connectivity index (χ3n) is 0.816. The van der Waals surface area contributed by atoms with Gasteiger partial charge in [-0.1, -0.05) is 0 Å². The third kappa shape index (κ3) is 7.28. The van der Waals surface area contributed by atoms with E-state index < -0.39 is 0 Å². The molecule has 0 N–H and O–H groups in total. The Balaban J connectivity index is 2.68. The van der Waals surface area contributed by atoms with E-state index in [9.17, 15) is 0 Å². The van der Waals surface area contributed by atoms with Crippen molar-refractivity contribution in [2.24, 2.45) is 5.92 Å². The van der Waals surface area contributed by atoms with Crippen LogP contribution in [-0.2, 0) is 0 Å². The molecule has 0 bridgehead atoms. The fourth-order valence-corrected chi connectivity index (χ4v) is 3.84. The van der Waals surface area contributed by atoms with Crippen molar-refractivity contribution in [3.8, 4) is 0 Å². The maximum absolute atomic E-state index is 3.55. The predicted molar refractivity (Wildman–Crippen MR) is 38.9 cm³/mol. The van der Waals surface area contributed by atoms with Crippen molar-refractivity contribution in [1.29, 1.82) is 0 Å². The van der Waals surface area contributed by atoms with E-state index in [1.165, 1.54) is 10.9 Å². The molecule has 0 aliphatic carbocycles. The molecule has 0 saturated carbocycles. The molecular weight excluding hydrogens is 259 g/mol. The van der Waals surface area contributed by atoms with Gasteiger partial charge in [-0.05, 0) is 0 Å². The van der Waals surface area contributed by atoms with E-state index in [1.54, 1.807) is 0 Å². The molecule has 2 radical (unpaired) electrons. The van der Waals surface area contributed by atoms with Gasteiger partial charge in [-0.2, -0.15) is 0 Å². The Morgan fingerprint density at radius 2 is 2.14 bits per heavy atom. The van der Waals surface area contributed by atoms with Gasteiger partial charge in [0.1, 0.15) is 0 Å². The minimum atomic E-state index is -0.0345. The molecule has 0 aromatic rings. The molecule has 0 aliphatic heterocycles. The summed E-state index contributed by atoms with van der Waals surface area (Å²) in [5, 5.41) is 0. The Bertz CT molecular complexity index is 37.1. The van der Waals surface area contributed by atoms with Gasteiger partial charge < -0.3 is 0 Å². The van der Waals surface area contributed by atoms with Gasteiger partial charge in [-0.15, -0.1) is 0 Å². The number of halogens is 1. The van der Waals surface area contributed by atoms with Crippen LogP contribution >= 0.6 is 12.7 Å². The van der Waals surface area contributed by atoms with Crippen LogP contribution in [-0.4, -0.2) is 18.9 Å². The molecule has 42 valence electrons. The van der Waals surface area contributed by atoms with Crippen LogP contribution in [0.5, 0.6) is 0 Å². The molecule has 0 saturated heterocycles. The van der Waals surface area contributed by atoms with Gasteiger partial charge in [0.05, 0.1) is 0 Å². The van der Waals surface area contributed by atoms with Gasteiger partial charge in [-0.3, -0.25) is 0 Å². The Morgan fingerprint density at radius 1 is 1.57 bits per heavy atom.